The maximum atomic E-state index is 12.0. The third-order valence-corrected chi connectivity index (χ3v) is 4.10. The van der Waals surface area contributed by atoms with Crippen molar-refractivity contribution in [1.82, 2.24) is 0 Å². The number of nitrogens with two attached hydrogens (primary N) is 1. The lowest BCUT2D eigenvalue weighted by molar-refractivity contribution is 0.0527. The number of rotatable bonds is 4. The Labute approximate surface area is 132 Å². The molecule has 2 rings (SSSR count). The minimum atomic E-state index is -0.393. The van der Waals surface area contributed by atoms with Crippen molar-refractivity contribution in [2.75, 3.05) is 17.7 Å². The molecule has 2 aromatic rings. The Hall–Kier alpha value is -2.01. The Morgan fingerprint density at radius 1 is 1.29 bits per heavy atom. The number of hydrogen-bond acceptors (Lipinski definition) is 4. The highest BCUT2D eigenvalue weighted by Crippen LogP contribution is 2.33. The van der Waals surface area contributed by atoms with Gasteiger partial charge in [-0.05, 0) is 53.5 Å². The van der Waals surface area contributed by atoms with Crippen LogP contribution in [-0.4, -0.2) is 12.6 Å². The lowest BCUT2D eigenvalue weighted by atomic mass is 10.1. The van der Waals surface area contributed by atoms with Crippen LogP contribution in [0, 0.1) is 6.92 Å². The lowest BCUT2D eigenvalue weighted by Gasteiger charge is -2.15. The number of halogens is 1. The zero-order valence-electron chi connectivity index (χ0n) is 11.9. The van der Waals surface area contributed by atoms with Gasteiger partial charge < -0.3 is 15.8 Å². The summed E-state index contributed by atoms with van der Waals surface area (Å²) in [5.74, 6) is -0.393. The Balaban J connectivity index is 2.44. The Bertz CT molecular complexity index is 671. The van der Waals surface area contributed by atoms with Gasteiger partial charge in [-0.15, -0.1) is 0 Å². The average Bonchev–Trinajstić information content (AvgIpc) is 2.46. The molecule has 5 heteroatoms. The Morgan fingerprint density at radius 3 is 2.71 bits per heavy atom. The van der Waals surface area contributed by atoms with Gasteiger partial charge in [-0.25, -0.2) is 4.79 Å². The van der Waals surface area contributed by atoms with Crippen LogP contribution in [0.1, 0.15) is 22.8 Å². The topological polar surface area (TPSA) is 64.3 Å². The number of para-hydroxylation sites is 1. The van der Waals surface area contributed by atoms with Gasteiger partial charge in [0.25, 0.3) is 0 Å². The first-order valence-electron chi connectivity index (χ1n) is 6.62. The Kier molecular flexibility index (Phi) is 4.85. The molecular weight excluding hydrogens is 332 g/mol. The van der Waals surface area contributed by atoms with Crippen molar-refractivity contribution in [3.63, 3.8) is 0 Å². The molecule has 0 radical (unpaired) electrons. The number of ether oxygens (including phenoxy) is 1. The fourth-order valence-electron chi connectivity index (χ4n) is 1.97. The third kappa shape index (κ3) is 3.36. The molecule has 0 fully saturated rings. The molecule has 0 saturated carbocycles. The van der Waals surface area contributed by atoms with E-state index in [0.29, 0.717) is 23.5 Å². The highest BCUT2D eigenvalue weighted by molar-refractivity contribution is 9.10. The van der Waals surface area contributed by atoms with Crippen molar-refractivity contribution in [3.8, 4) is 0 Å². The summed E-state index contributed by atoms with van der Waals surface area (Å²) in [5.41, 5.74) is 9.42. The molecular formula is C16H17BrN2O2. The number of hydrogen-bond donors (Lipinski definition) is 2. The van der Waals surface area contributed by atoms with Crippen molar-refractivity contribution in [2.24, 2.45) is 0 Å². The van der Waals surface area contributed by atoms with Crippen molar-refractivity contribution in [2.45, 2.75) is 13.8 Å². The van der Waals surface area contributed by atoms with Crippen LogP contribution in [0.3, 0.4) is 0 Å². The first-order chi connectivity index (χ1) is 10.0. The summed E-state index contributed by atoms with van der Waals surface area (Å²) in [6.07, 6.45) is 0. The van der Waals surface area contributed by atoms with Gasteiger partial charge in [0.2, 0.25) is 0 Å². The minimum Gasteiger partial charge on any atom is -0.462 e. The third-order valence-electron chi connectivity index (χ3n) is 3.04. The zero-order valence-corrected chi connectivity index (χ0v) is 13.5. The first kappa shape index (κ1) is 15.4. The van der Waals surface area contributed by atoms with Crippen molar-refractivity contribution in [1.29, 1.82) is 0 Å². The maximum absolute atomic E-state index is 12.0. The zero-order chi connectivity index (χ0) is 15.4. The number of nitrogen functional groups attached to an aromatic ring is 1. The first-order valence-corrected chi connectivity index (χ1v) is 7.41. The van der Waals surface area contributed by atoms with Gasteiger partial charge >= 0.3 is 5.97 Å². The molecule has 0 spiro atoms. The predicted octanol–water partition coefficient (Wildman–Crippen LogP) is 4.26. The summed E-state index contributed by atoms with van der Waals surface area (Å²) >= 11 is 3.54. The molecule has 0 aromatic heterocycles. The monoisotopic (exact) mass is 348 g/mol. The molecule has 0 atom stereocenters. The van der Waals surface area contributed by atoms with Gasteiger partial charge in [-0.1, -0.05) is 18.2 Å². The second-order valence-electron chi connectivity index (χ2n) is 4.55. The highest BCUT2D eigenvalue weighted by Gasteiger charge is 2.16. The summed E-state index contributed by atoms with van der Waals surface area (Å²) < 4.78 is 6.00. The molecule has 0 bridgehead atoms. The van der Waals surface area contributed by atoms with Crippen molar-refractivity contribution < 1.29 is 9.53 Å². The summed E-state index contributed by atoms with van der Waals surface area (Å²) in [4.78, 5) is 12.0. The van der Waals surface area contributed by atoms with E-state index in [0.717, 1.165) is 15.7 Å². The molecule has 0 amide bonds. The van der Waals surface area contributed by atoms with Gasteiger partial charge in [0.05, 0.1) is 29.2 Å². The van der Waals surface area contributed by atoms with Gasteiger partial charge in [-0.2, -0.15) is 0 Å². The maximum Gasteiger partial charge on any atom is 0.340 e. The number of nitrogens with one attached hydrogen (secondary N) is 1. The van der Waals surface area contributed by atoms with Crippen LogP contribution in [-0.2, 0) is 4.74 Å². The van der Waals surface area contributed by atoms with Crippen LogP contribution in [0.5, 0.6) is 0 Å². The average molecular weight is 349 g/mol. The second kappa shape index (κ2) is 6.63. The standard InChI is InChI=1S/C16H17BrN2O2/c1-3-21-16(20)11-7-5-8-12(18)15(11)19-13-9-4-6-10(2)14(13)17/h4-9,19H,3,18H2,1-2H3. The van der Waals surface area contributed by atoms with Crippen molar-refractivity contribution >= 4 is 39.0 Å². The number of esters is 1. The number of benzene rings is 2. The quantitative estimate of drug-likeness (QED) is 0.639. The molecule has 0 aliphatic carbocycles. The van der Waals surface area contributed by atoms with Crippen LogP contribution in [0.2, 0.25) is 0 Å². The van der Waals surface area contributed by atoms with E-state index < -0.39 is 5.97 Å². The Morgan fingerprint density at radius 2 is 2.00 bits per heavy atom. The molecule has 0 saturated heterocycles. The summed E-state index contributed by atoms with van der Waals surface area (Å²) in [6.45, 7) is 4.09. The van der Waals surface area contributed by atoms with E-state index in [1.807, 2.05) is 25.1 Å². The molecule has 4 nitrogen and oxygen atoms in total. The normalized spacial score (nSPS) is 10.2. The second-order valence-corrected chi connectivity index (χ2v) is 5.34. The van der Waals surface area contributed by atoms with E-state index in [1.165, 1.54) is 0 Å². The van der Waals surface area contributed by atoms with E-state index in [9.17, 15) is 4.79 Å². The molecule has 110 valence electrons. The SMILES string of the molecule is CCOC(=O)c1cccc(N)c1Nc1cccc(C)c1Br. The lowest BCUT2D eigenvalue weighted by Crippen LogP contribution is -2.10. The van der Waals surface area contributed by atoms with Crippen LogP contribution >= 0.6 is 15.9 Å². The van der Waals surface area contributed by atoms with Crippen LogP contribution < -0.4 is 11.1 Å². The van der Waals surface area contributed by atoms with E-state index in [4.69, 9.17) is 10.5 Å². The molecule has 0 heterocycles. The van der Waals surface area contributed by atoms with E-state index >= 15 is 0 Å². The number of anilines is 3. The number of carbonyl (C=O) groups is 1. The summed E-state index contributed by atoms with van der Waals surface area (Å²) in [5, 5.41) is 3.22. The molecule has 2 aromatic carbocycles. The fourth-order valence-corrected chi connectivity index (χ4v) is 2.33. The van der Waals surface area contributed by atoms with Gasteiger partial charge in [-0.3, -0.25) is 0 Å². The smallest absolute Gasteiger partial charge is 0.340 e. The minimum absolute atomic E-state index is 0.321. The molecule has 0 unspecified atom stereocenters. The van der Waals surface area contributed by atoms with E-state index in [1.54, 1.807) is 25.1 Å². The summed E-state index contributed by atoms with van der Waals surface area (Å²) in [7, 11) is 0. The van der Waals surface area contributed by atoms with Crippen LogP contribution in [0.15, 0.2) is 40.9 Å². The molecule has 0 aliphatic rings. The van der Waals surface area contributed by atoms with Crippen LogP contribution in [0.25, 0.3) is 0 Å². The highest BCUT2D eigenvalue weighted by atomic mass is 79.9. The van der Waals surface area contributed by atoms with Gasteiger partial charge in [0, 0.05) is 4.47 Å². The van der Waals surface area contributed by atoms with E-state index in [2.05, 4.69) is 21.2 Å². The molecule has 0 aliphatic heterocycles. The number of aryl methyl sites for hydroxylation is 1. The van der Waals surface area contributed by atoms with Crippen molar-refractivity contribution in [3.05, 3.63) is 52.0 Å². The summed E-state index contributed by atoms with van der Waals surface area (Å²) in [6, 6.07) is 11.0. The van der Waals surface area contributed by atoms with Crippen LogP contribution in [0.4, 0.5) is 17.1 Å². The van der Waals surface area contributed by atoms with E-state index in [-0.39, 0.29) is 0 Å². The number of carbonyl (C=O) groups excluding carboxylic acids is 1. The van der Waals surface area contributed by atoms with Gasteiger partial charge in [0.1, 0.15) is 0 Å². The molecule has 21 heavy (non-hydrogen) atoms. The molecule has 3 N–H and O–H groups in total. The fraction of sp³-hybridized carbons (Fsp3) is 0.188. The van der Waals surface area contributed by atoms with Gasteiger partial charge in [0.15, 0.2) is 0 Å². The largest absolute Gasteiger partial charge is 0.462 e. The predicted molar refractivity (Wildman–Crippen MR) is 89.0 cm³/mol.